The van der Waals surface area contributed by atoms with Crippen molar-refractivity contribution in [3.05, 3.63) is 10.3 Å². The fourth-order valence-corrected chi connectivity index (χ4v) is 2.00. The minimum Gasteiger partial charge on any atom is -0.464 e. The predicted octanol–water partition coefficient (Wildman–Crippen LogP) is 1.58. The molecule has 1 heterocycles. The van der Waals surface area contributed by atoms with Crippen LogP contribution < -0.4 is 5.32 Å². The highest BCUT2D eigenvalue weighted by Crippen LogP contribution is 2.12. The van der Waals surface area contributed by atoms with E-state index in [4.69, 9.17) is 16.3 Å². The van der Waals surface area contributed by atoms with Gasteiger partial charge in [0.1, 0.15) is 11.9 Å². The summed E-state index contributed by atoms with van der Waals surface area (Å²) in [6.45, 7) is 3.69. The number of rotatable bonds is 7. The van der Waals surface area contributed by atoms with Crippen molar-refractivity contribution in [1.82, 2.24) is 14.7 Å². The van der Waals surface area contributed by atoms with E-state index < -0.39 is 12.0 Å². The van der Waals surface area contributed by atoms with Crippen molar-refractivity contribution >= 4 is 35.0 Å². The lowest BCUT2D eigenvalue weighted by atomic mass is 10.2. The molecular weight excluding hydrogens is 290 g/mol. The number of nitrogens with zero attached hydrogens (tertiary/aromatic N) is 2. The molecule has 1 unspecified atom stereocenters. The molecular formula is C11H16ClN3O3S. The fraction of sp³-hybridized carbons (Fsp3) is 0.636. The Labute approximate surface area is 120 Å². The first-order chi connectivity index (χ1) is 9.02. The number of esters is 1. The Balaban J connectivity index is 2.60. The summed E-state index contributed by atoms with van der Waals surface area (Å²) in [5, 5.41) is 2.53. The third kappa shape index (κ3) is 5.98. The van der Waals surface area contributed by atoms with Gasteiger partial charge in [-0.2, -0.15) is 4.37 Å². The van der Waals surface area contributed by atoms with Gasteiger partial charge in [-0.05, 0) is 29.6 Å². The fourth-order valence-electron chi connectivity index (χ4n) is 1.35. The minimum atomic E-state index is -0.778. The molecule has 8 heteroatoms. The third-order valence-corrected chi connectivity index (χ3v) is 3.07. The number of hydrogen-bond acceptors (Lipinski definition) is 6. The number of hydrogen-bond donors (Lipinski definition) is 1. The van der Waals surface area contributed by atoms with Gasteiger partial charge in [-0.3, -0.25) is 4.79 Å². The van der Waals surface area contributed by atoms with Gasteiger partial charge in [0.05, 0.1) is 6.61 Å². The Bertz CT molecular complexity index is 439. The molecule has 0 fully saturated rings. The maximum Gasteiger partial charge on any atom is 0.329 e. The summed E-state index contributed by atoms with van der Waals surface area (Å²) in [7, 11) is 0. The van der Waals surface area contributed by atoms with Crippen LogP contribution in [-0.4, -0.2) is 33.9 Å². The van der Waals surface area contributed by atoms with Crippen LogP contribution in [0.2, 0.25) is 4.47 Å². The van der Waals surface area contributed by atoms with Crippen LogP contribution in [0.3, 0.4) is 0 Å². The highest BCUT2D eigenvalue weighted by Gasteiger charge is 2.23. The van der Waals surface area contributed by atoms with Crippen molar-refractivity contribution in [2.75, 3.05) is 6.61 Å². The van der Waals surface area contributed by atoms with E-state index in [9.17, 15) is 9.59 Å². The van der Waals surface area contributed by atoms with Crippen LogP contribution in [0.1, 0.15) is 32.5 Å². The van der Waals surface area contributed by atoms with Gasteiger partial charge in [0.15, 0.2) is 0 Å². The molecule has 1 N–H and O–H groups in total. The lowest BCUT2D eigenvalue weighted by molar-refractivity contribution is -0.147. The molecule has 1 rings (SSSR count). The zero-order valence-electron chi connectivity index (χ0n) is 10.8. The number of ether oxygens (including phenoxy) is 1. The van der Waals surface area contributed by atoms with E-state index in [1.807, 2.05) is 6.92 Å². The van der Waals surface area contributed by atoms with E-state index in [-0.39, 0.29) is 12.3 Å². The average molecular weight is 306 g/mol. The number of carbonyl (C=O) groups excluding carboxylic acids is 2. The van der Waals surface area contributed by atoms with Crippen LogP contribution in [-0.2, 0) is 20.7 Å². The summed E-state index contributed by atoms with van der Waals surface area (Å²) in [5.41, 5.74) is 0. The first-order valence-corrected chi connectivity index (χ1v) is 7.10. The van der Waals surface area contributed by atoms with E-state index in [2.05, 4.69) is 14.7 Å². The normalized spacial score (nSPS) is 11.9. The van der Waals surface area contributed by atoms with E-state index in [1.165, 1.54) is 6.92 Å². The van der Waals surface area contributed by atoms with Crippen molar-refractivity contribution < 1.29 is 14.3 Å². The molecule has 19 heavy (non-hydrogen) atoms. The maximum atomic E-state index is 11.8. The molecule has 1 aromatic heterocycles. The minimum absolute atomic E-state index is 0.174. The third-order valence-electron chi connectivity index (χ3n) is 2.23. The quantitative estimate of drug-likeness (QED) is 0.611. The second-order valence-electron chi connectivity index (χ2n) is 3.94. The van der Waals surface area contributed by atoms with Gasteiger partial charge < -0.3 is 10.1 Å². The summed E-state index contributed by atoms with van der Waals surface area (Å²) in [6, 6.07) is -0.778. The van der Waals surface area contributed by atoms with Crippen molar-refractivity contribution in [1.29, 1.82) is 0 Å². The zero-order valence-corrected chi connectivity index (χ0v) is 12.4. The van der Waals surface area contributed by atoms with E-state index >= 15 is 0 Å². The zero-order chi connectivity index (χ0) is 14.3. The first-order valence-electron chi connectivity index (χ1n) is 5.94. The summed E-state index contributed by atoms with van der Waals surface area (Å²) in [6.07, 6.45) is 1.90. The Morgan fingerprint density at radius 2 is 2.26 bits per heavy atom. The Morgan fingerprint density at radius 3 is 2.79 bits per heavy atom. The summed E-state index contributed by atoms with van der Waals surface area (Å²) < 4.78 is 9.37. The largest absolute Gasteiger partial charge is 0.464 e. The highest BCUT2D eigenvalue weighted by molar-refractivity contribution is 7.10. The number of unbranched alkanes of at least 4 members (excludes halogenated alkanes) is 1. The van der Waals surface area contributed by atoms with Crippen LogP contribution in [0, 0.1) is 0 Å². The van der Waals surface area contributed by atoms with Crippen LogP contribution >= 0.6 is 23.1 Å². The van der Waals surface area contributed by atoms with E-state index in [1.54, 1.807) is 0 Å². The highest BCUT2D eigenvalue weighted by atomic mass is 35.5. The first kappa shape index (κ1) is 15.8. The molecule has 0 bridgehead atoms. The number of nitrogens with one attached hydrogen (secondary N) is 1. The Kier molecular flexibility index (Phi) is 6.72. The number of amides is 1. The van der Waals surface area contributed by atoms with Crippen molar-refractivity contribution in [2.45, 2.75) is 39.2 Å². The average Bonchev–Trinajstić information content (AvgIpc) is 2.73. The standard InChI is InChI=1S/C11H16ClN3O3S/c1-3-4-5-18-10(17)8(13-7(2)16)6-9-14-11(12)19-15-9/h8H,3-6H2,1-2H3,(H,13,16). The Morgan fingerprint density at radius 1 is 1.53 bits per heavy atom. The molecule has 1 aromatic rings. The molecule has 1 amide bonds. The van der Waals surface area contributed by atoms with E-state index in [0.717, 1.165) is 24.4 Å². The van der Waals surface area contributed by atoms with Crippen molar-refractivity contribution in [3.8, 4) is 0 Å². The molecule has 0 saturated carbocycles. The van der Waals surface area contributed by atoms with Gasteiger partial charge in [-0.25, -0.2) is 9.78 Å². The smallest absolute Gasteiger partial charge is 0.329 e. The van der Waals surface area contributed by atoms with Crippen molar-refractivity contribution in [3.63, 3.8) is 0 Å². The molecule has 0 aliphatic heterocycles. The van der Waals surface area contributed by atoms with Crippen LogP contribution in [0.15, 0.2) is 0 Å². The molecule has 0 aliphatic rings. The molecule has 1 atom stereocenters. The number of halogens is 1. The van der Waals surface area contributed by atoms with Gasteiger partial charge in [0, 0.05) is 13.3 Å². The molecule has 0 saturated heterocycles. The molecule has 0 spiro atoms. The molecule has 0 aromatic carbocycles. The van der Waals surface area contributed by atoms with Crippen molar-refractivity contribution in [2.24, 2.45) is 0 Å². The van der Waals surface area contributed by atoms with E-state index in [0.29, 0.717) is 16.9 Å². The second kappa shape index (κ2) is 8.06. The maximum absolute atomic E-state index is 11.8. The lowest BCUT2D eigenvalue weighted by Crippen LogP contribution is -2.42. The van der Waals surface area contributed by atoms with Crippen LogP contribution in [0.4, 0.5) is 0 Å². The van der Waals surface area contributed by atoms with Crippen LogP contribution in [0.5, 0.6) is 0 Å². The molecule has 0 aliphatic carbocycles. The molecule has 106 valence electrons. The van der Waals surface area contributed by atoms with Gasteiger partial charge >= 0.3 is 5.97 Å². The molecule has 0 radical (unpaired) electrons. The lowest BCUT2D eigenvalue weighted by Gasteiger charge is -2.15. The topological polar surface area (TPSA) is 81.2 Å². The summed E-state index contributed by atoms with van der Waals surface area (Å²) in [5.74, 6) is -0.366. The second-order valence-corrected chi connectivity index (χ2v) is 5.28. The number of aromatic nitrogens is 2. The Hall–Kier alpha value is -1.21. The van der Waals surface area contributed by atoms with Gasteiger partial charge in [-0.15, -0.1) is 0 Å². The van der Waals surface area contributed by atoms with Gasteiger partial charge in [-0.1, -0.05) is 13.3 Å². The molecule has 6 nitrogen and oxygen atoms in total. The van der Waals surface area contributed by atoms with Gasteiger partial charge in [0.25, 0.3) is 0 Å². The summed E-state index contributed by atoms with van der Waals surface area (Å²) in [4.78, 5) is 26.9. The number of carbonyl (C=O) groups is 2. The SMILES string of the molecule is CCCCOC(=O)C(Cc1nsc(Cl)n1)NC(C)=O. The predicted molar refractivity (Wildman–Crippen MR) is 72.1 cm³/mol. The summed E-state index contributed by atoms with van der Waals surface area (Å²) >= 11 is 6.71. The monoisotopic (exact) mass is 305 g/mol. The van der Waals surface area contributed by atoms with Gasteiger partial charge in [0.2, 0.25) is 10.4 Å². The van der Waals surface area contributed by atoms with Crippen LogP contribution in [0.25, 0.3) is 0 Å².